The molecule has 4 aromatic rings. The van der Waals surface area contributed by atoms with Gasteiger partial charge in [0.05, 0.1) is 36.2 Å². The molecule has 3 aromatic carbocycles. The van der Waals surface area contributed by atoms with Crippen LogP contribution in [-0.4, -0.2) is 24.7 Å². The summed E-state index contributed by atoms with van der Waals surface area (Å²) < 4.78 is 11.9. The fourth-order valence-electron chi connectivity index (χ4n) is 3.19. The molecule has 1 aromatic heterocycles. The lowest BCUT2D eigenvalue weighted by molar-refractivity contribution is 0.256. The summed E-state index contributed by atoms with van der Waals surface area (Å²) in [4.78, 5) is 19.7. The average Bonchev–Trinajstić information content (AvgIpc) is 3.21. The van der Waals surface area contributed by atoms with Crippen LogP contribution >= 0.6 is 11.3 Å². The van der Waals surface area contributed by atoms with Crippen LogP contribution in [0.1, 0.15) is 12.5 Å². The standard InChI is InChI=1S/C24H23N3O3S/c1-3-30-18-13-14-20-22(15-18)31-24(26-20)27(16-17-9-5-4-6-10-17)23(28)25-19-11-7-8-12-21(19)29-2/h4-15H,3,16H2,1-2H3,(H,25,28). The van der Waals surface area contributed by atoms with E-state index < -0.39 is 0 Å². The number of hydrogen-bond acceptors (Lipinski definition) is 5. The number of nitrogens with one attached hydrogen (secondary N) is 1. The van der Waals surface area contributed by atoms with Gasteiger partial charge in [-0.1, -0.05) is 53.8 Å². The summed E-state index contributed by atoms with van der Waals surface area (Å²) in [6.45, 7) is 2.94. The summed E-state index contributed by atoms with van der Waals surface area (Å²) in [5.74, 6) is 1.39. The van der Waals surface area contributed by atoms with Gasteiger partial charge in [-0.25, -0.2) is 9.78 Å². The second-order valence-electron chi connectivity index (χ2n) is 6.76. The number of carbonyl (C=O) groups excluding carboxylic acids is 1. The smallest absolute Gasteiger partial charge is 0.328 e. The summed E-state index contributed by atoms with van der Waals surface area (Å²) in [7, 11) is 1.58. The Kier molecular flexibility index (Phi) is 6.33. The number of aromatic nitrogens is 1. The molecule has 2 amide bonds. The molecule has 6 nitrogen and oxygen atoms in total. The molecule has 7 heteroatoms. The van der Waals surface area contributed by atoms with E-state index >= 15 is 0 Å². The van der Waals surface area contributed by atoms with Gasteiger partial charge in [0.25, 0.3) is 0 Å². The molecule has 0 aliphatic rings. The number of para-hydroxylation sites is 2. The Labute approximate surface area is 185 Å². The zero-order valence-corrected chi connectivity index (χ0v) is 18.2. The van der Waals surface area contributed by atoms with Crippen LogP contribution < -0.4 is 19.7 Å². The largest absolute Gasteiger partial charge is 0.495 e. The average molecular weight is 434 g/mol. The van der Waals surface area contributed by atoms with Gasteiger partial charge in [0.1, 0.15) is 11.5 Å². The van der Waals surface area contributed by atoms with Crippen molar-refractivity contribution in [1.82, 2.24) is 4.98 Å². The first kappa shape index (κ1) is 20.7. The van der Waals surface area contributed by atoms with Crippen molar-refractivity contribution >= 4 is 38.4 Å². The number of fused-ring (bicyclic) bond motifs is 1. The van der Waals surface area contributed by atoms with E-state index in [-0.39, 0.29) is 6.03 Å². The zero-order valence-electron chi connectivity index (χ0n) is 17.4. The van der Waals surface area contributed by atoms with Crippen molar-refractivity contribution < 1.29 is 14.3 Å². The molecule has 1 N–H and O–H groups in total. The van der Waals surface area contributed by atoms with E-state index in [9.17, 15) is 4.79 Å². The molecular weight excluding hydrogens is 410 g/mol. The quantitative estimate of drug-likeness (QED) is 0.392. The number of carbonyl (C=O) groups is 1. The van der Waals surface area contributed by atoms with Crippen molar-refractivity contribution in [1.29, 1.82) is 0 Å². The highest BCUT2D eigenvalue weighted by atomic mass is 32.1. The number of anilines is 2. The Morgan fingerprint density at radius 1 is 1.06 bits per heavy atom. The van der Waals surface area contributed by atoms with Gasteiger partial charge in [0, 0.05) is 0 Å². The van der Waals surface area contributed by atoms with Gasteiger partial charge in [0.15, 0.2) is 5.13 Å². The first-order valence-electron chi connectivity index (χ1n) is 9.96. The van der Waals surface area contributed by atoms with Gasteiger partial charge in [-0.2, -0.15) is 0 Å². The van der Waals surface area contributed by atoms with Crippen LogP contribution in [0.25, 0.3) is 10.2 Å². The minimum Gasteiger partial charge on any atom is -0.495 e. The molecule has 0 bridgehead atoms. The molecule has 0 aliphatic carbocycles. The molecule has 1 heterocycles. The lowest BCUT2D eigenvalue weighted by Gasteiger charge is -2.21. The molecular formula is C24H23N3O3S. The number of nitrogens with zero attached hydrogens (tertiary/aromatic N) is 2. The predicted molar refractivity (Wildman–Crippen MR) is 125 cm³/mol. The molecule has 0 fully saturated rings. The second kappa shape index (κ2) is 9.49. The normalized spacial score (nSPS) is 10.6. The van der Waals surface area contributed by atoms with Crippen LogP contribution in [0.2, 0.25) is 0 Å². The Morgan fingerprint density at radius 3 is 2.61 bits per heavy atom. The molecule has 4 rings (SSSR count). The molecule has 0 saturated carbocycles. The van der Waals surface area contributed by atoms with Crippen molar-refractivity contribution in [2.75, 3.05) is 23.9 Å². The molecule has 0 spiro atoms. The summed E-state index contributed by atoms with van der Waals surface area (Å²) in [5, 5.41) is 3.57. The fraction of sp³-hybridized carbons (Fsp3) is 0.167. The number of benzene rings is 3. The van der Waals surface area contributed by atoms with Crippen molar-refractivity contribution in [3.63, 3.8) is 0 Å². The van der Waals surface area contributed by atoms with Gasteiger partial charge in [-0.05, 0) is 42.8 Å². The molecule has 0 radical (unpaired) electrons. The van der Waals surface area contributed by atoms with Crippen molar-refractivity contribution in [2.45, 2.75) is 13.5 Å². The van der Waals surface area contributed by atoms with E-state index in [1.54, 1.807) is 12.0 Å². The molecule has 0 atom stereocenters. The molecule has 0 saturated heterocycles. The fourth-order valence-corrected chi connectivity index (χ4v) is 4.18. The number of thiazole rings is 1. The molecule has 31 heavy (non-hydrogen) atoms. The van der Waals surface area contributed by atoms with E-state index in [1.165, 1.54) is 11.3 Å². The van der Waals surface area contributed by atoms with Gasteiger partial charge < -0.3 is 14.8 Å². The maximum absolute atomic E-state index is 13.3. The van der Waals surface area contributed by atoms with Crippen LogP contribution in [0.4, 0.5) is 15.6 Å². The SMILES string of the molecule is CCOc1ccc2nc(N(Cc3ccccc3)C(=O)Nc3ccccc3OC)sc2c1. The monoisotopic (exact) mass is 433 g/mol. The molecule has 0 unspecified atom stereocenters. The Hall–Kier alpha value is -3.58. The summed E-state index contributed by atoms with van der Waals surface area (Å²) in [6.07, 6.45) is 0. The Morgan fingerprint density at radius 2 is 1.84 bits per heavy atom. The van der Waals surface area contributed by atoms with Crippen LogP contribution in [0, 0.1) is 0 Å². The van der Waals surface area contributed by atoms with Crippen LogP contribution in [-0.2, 0) is 6.54 Å². The van der Waals surface area contributed by atoms with E-state index in [4.69, 9.17) is 14.5 Å². The van der Waals surface area contributed by atoms with E-state index in [1.807, 2.05) is 79.7 Å². The van der Waals surface area contributed by atoms with Crippen LogP contribution in [0.3, 0.4) is 0 Å². The van der Waals surface area contributed by atoms with Gasteiger partial charge in [0.2, 0.25) is 0 Å². The summed E-state index contributed by atoms with van der Waals surface area (Å²) in [5.41, 5.74) is 2.44. The highest BCUT2D eigenvalue weighted by Crippen LogP contribution is 2.33. The maximum Gasteiger partial charge on any atom is 0.328 e. The number of ether oxygens (including phenoxy) is 2. The van der Waals surface area contributed by atoms with E-state index in [2.05, 4.69) is 5.32 Å². The first-order valence-corrected chi connectivity index (χ1v) is 10.8. The number of methoxy groups -OCH3 is 1. The minimum atomic E-state index is -0.280. The predicted octanol–water partition coefficient (Wildman–Crippen LogP) is 5.94. The minimum absolute atomic E-state index is 0.280. The highest BCUT2D eigenvalue weighted by Gasteiger charge is 2.21. The first-order chi connectivity index (χ1) is 15.2. The maximum atomic E-state index is 13.3. The van der Waals surface area contributed by atoms with Gasteiger partial charge in [-0.15, -0.1) is 0 Å². The lowest BCUT2D eigenvalue weighted by atomic mass is 10.2. The molecule has 158 valence electrons. The summed E-state index contributed by atoms with van der Waals surface area (Å²) in [6, 6.07) is 22.7. The van der Waals surface area contributed by atoms with Crippen molar-refractivity contribution in [2.24, 2.45) is 0 Å². The number of urea groups is 1. The lowest BCUT2D eigenvalue weighted by Crippen LogP contribution is -2.34. The third-order valence-electron chi connectivity index (χ3n) is 4.67. The number of amides is 2. The number of hydrogen-bond donors (Lipinski definition) is 1. The zero-order chi connectivity index (χ0) is 21.6. The van der Waals surface area contributed by atoms with Crippen LogP contribution in [0.5, 0.6) is 11.5 Å². The second-order valence-corrected chi connectivity index (χ2v) is 7.77. The van der Waals surface area contributed by atoms with Crippen molar-refractivity contribution in [3.05, 3.63) is 78.4 Å². The van der Waals surface area contributed by atoms with Crippen LogP contribution in [0.15, 0.2) is 72.8 Å². The van der Waals surface area contributed by atoms with Crippen molar-refractivity contribution in [3.8, 4) is 11.5 Å². The molecule has 0 aliphatic heterocycles. The summed E-state index contributed by atoms with van der Waals surface area (Å²) >= 11 is 1.46. The highest BCUT2D eigenvalue weighted by molar-refractivity contribution is 7.22. The van der Waals surface area contributed by atoms with E-state index in [0.29, 0.717) is 29.7 Å². The third-order valence-corrected chi connectivity index (χ3v) is 5.71. The third kappa shape index (κ3) is 4.78. The Balaban J connectivity index is 1.68. The van der Waals surface area contributed by atoms with Gasteiger partial charge in [-0.3, -0.25) is 4.90 Å². The Bertz CT molecular complexity index is 1180. The number of rotatable bonds is 7. The van der Waals surface area contributed by atoms with Gasteiger partial charge >= 0.3 is 6.03 Å². The van der Waals surface area contributed by atoms with E-state index in [0.717, 1.165) is 21.5 Å². The topological polar surface area (TPSA) is 63.7 Å².